The molecular weight excluding hydrogens is 469 g/mol. The van der Waals surface area contributed by atoms with Gasteiger partial charge in [0.1, 0.15) is 0 Å². The van der Waals surface area contributed by atoms with Gasteiger partial charge in [0.15, 0.2) is 0 Å². The molecule has 0 radical (unpaired) electrons. The molecule has 1 aliphatic heterocycles. The highest BCUT2D eigenvalue weighted by molar-refractivity contribution is 8.33. The second-order valence-electron chi connectivity index (χ2n) is 5.07. The zero-order chi connectivity index (χ0) is 17.5. The lowest BCUT2D eigenvalue weighted by molar-refractivity contribution is 0.992. The highest BCUT2D eigenvalue weighted by Crippen LogP contribution is 2.51. The van der Waals surface area contributed by atoms with Gasteiger partial charge in [-0.3, -0.25) is 0 Å². The molecule has 0 unspecified atom stereocenters. The second-order valence-corrected chi connectivity index (χ2v) is 15.2. The first-order chi connectivity index (χ1) is 11.8. The van der Waals surface area contributed by atoms with Crippen LogP contribution in [0.4, 0.5) is 0 Å². The Hall–Kier alpha value is 3.15. The van der Waals surface area contributed by atoms with Crippen LogP contribution in [0.15, 0.2) is 0 Å². The molecule has 24 heavy (non-hydrogen) atoms. The van der Waals surface area contributed by atoms with E-state index in [9.17, 15) is 0 Å². The van der Waals surface area contributed by atoms with Crippen molar-refractivity contribution in [2.75, 3.05) is 51.8 Å². The van der Waals surface area contributed by atoms with Crippen LogP contribution in [0.1, 0.15) is 19.3 Å². The minimum atomic E-state index is 0.790. The number of thioether (sulfide) groups is 6. The monoisotopic (exact) mass is 498 g/mol. The van der Waals surface area contributed by atoms with Crippen LogP contribution in [0, 0.1) is 0 Å². The Morgan fingerprint density at radius 2 is 0.792 bits per heavy atom. The van der Waals surface area contributed by atoms with Crippen molar-refractivity contribution in [3.63, 3.8) is 0 Å². The molecular formula is C15H30S9. The topological polar surface area (TPSA) is 0 Å². The molecule has 1 rings (SSSR count). The van der Waals surface area contributed by atoms with Gasteiger partial charge in [-0.15, -0.1) is 35.3 Å². The zero-order valence-electron chi connectivity index (χ0n) is 14.0. The number of hydrogen-bond acceptors (Lipinski definition) is 9. The Morgan fingerprint density at radius 1 is 0.500 bits per heavy atom. The van der Waals surface area contributed by atoms with E-state index in [2.05, 4.69) is 108 Å². The van der Waals surface area contributed by atoms with E-state index in [-0.39, 0.29) is 0 Å². The Morgan fingerprint density at radius 3 is 1.04 bits per heavy atom. The third-order valence-electron chi connectivity index (χ3n) is 3.11. The van der Waals surface area contributed by atoms with E-state index in [1.54, 1.807) is 0 Å². The third kappa shape index (κ3) is 13.3. The molecule has 9 heteroatoms. The summed E-state index contributed by atoms with van der Waals surface area (Å²) in [6.07, 6.45) is 4.03. The van der Waals surface area contributed by atoms with Crippen LogP contribution in [0.2, 0.25) is 0 Å². The van der Waals surface area contributed by atoms with Crippen LogP contribution < -0.4 is 0 Å². The molecule has 1 saturated heterocycles. The average molecular weight is 499 g/mol. The molecule has 0 N–H and O–H groups in total. The summed E-state index contributed by atoms with van der Waals surface area (Å²) in [5, 5.41) is 0. The molecule has 144 valence electrons. The molecule has 0 nitrogen and oxygen atoms in total. The van der Waals surface area contributed by atoms with Crippen molar-refractivity contribution >= 4 is 108 Å². The molecule has 0 aromatic carbocycles. The summed E-state index contributed by atoms with van der Waals surface area (Å²) >= 11 is 25.8. The second kappa shape index (κ2) is 18.2. The third-order valence-corrected chi connectivity index (χ3v) is 13.0. The van der Waals surface area contributed by atoms with Crippen molar-refractivity contribution in [1.82, 2.24) is 0 Å². The van der Waals surface area contributed by atoms with Crippen LogP contribution >= 0.6 is 108 Å². The zero-order valence-corrected chi connectivity index (χ0v) is 21.6. The summed E-state index contributed by atoms with van der Waals surface area (Å²) in [5.41, 5.74) is 0. The summed E-state index contributed by atoms with van der Waals surface area (Å²) in [7, 11) is 0. The smallest absolute Gasteiger partial charge is 0.0532 e. The van der Waals surface area contributed by atoms with Gasteiger partial charge in [-0.1, -0.05) is 0 Å². The Balaban J connectivity index is 2.33. The quantitative estimate of drug-likeness (QED) is 0.177. The first kappa shape index (κ1) is 25.2. The van der Waals surface area contributed by atoms with Crippen LogP contribution in [0.3, 0.4) is 0 Å². The first-order valence-electron chi connectivity index (χ1n) is 8.32. The van der Waals surface area contributed by atoms with E-state index in [0.717, 1.165) is 31.0 Å². The lowest BCUT2D eigenvalue weighted by atomic mass is 10.5. The van der Waals surface area contributed by atoms with Gasteiger partial charge in [0, 0.05) is 17.3 Å². The van der Waals surface area contributed by atoms with Crippen molar-refractivity contribution in [1.29, 1.82) is 0 Å². The minimum absolute atomic E-state index is 0.790. The molecule has 0 bridgehead atoms. The van der Waals surface area contributed by atoms with Gasteiger partial charge in [0.05, 0.1) is 13.7 Å². The van der Waals surface area contributed by atoms with E-state index in [1.165, 1.54) is 53.8 Å². The van der Waals surface area contributed by atoms with Crippen molar-refractivity contribution in [2.45, 2.75) is 33.0 Å². The standard InChI is InChI=1S/C15H30S9/c16-4-10-19-7-1-13-22-14(2-8-20-11-5-17)24-15(23-13)3-9-21-12-6-18/h13-18H,1-12H2. The fourth-order valence-corrected chi connectivity index (χ4v) is 12.7. The van der Waals surface area contributed by atoms with Crippen LogP contribution in [-0.2, 0) is 0 Å². The van der Waals surface area contributed by atoms with E-state index in [1.807, 2.05) is 0 Å². The van der Waals surface area contributed by atoms with E-state index < -0.39 is 0 Å². The molecule has 0 aromatic rings. The van der Waals surface area contributed by atoms with E-state index >= 15 is 0 Å². The predicted octanol–water partition coefficient (Wildman–Crippen LogP) is 6.34. The maximum Gasteiger partial charge on any atom is 0.0532 e. The molecule has 0 spiro atoms. The van der Waals surface area contributed by atoms with Gasteiger partial charge < -0.3 is 0 Å². The Bertz CT molecular complexity index is 231. The van der Waals surface area contributed by atoms with Crippen molar-refractivity contribution in [3.8, 4) is 0 Å². The van der Waals surface area contributed by atoms with Gasteiger partial charge in [-0.25, -0.2) is 0 Å². The maximum absolute atomic E-state index is 4.31. The molecule has 0 aromatic heterocycles. The highest BCUT2D eigenvalue weighted by Gasteiger charge is 2.29. The molecule has 0 amide bonds. The predicted molar refractivity (Wildman–Crippen MR) is 142 cm³/mol. The van der Waals surface area contributed by atoms with Crippen molar-refractivity contribution in [2.24, 2.45) is 0 Å². The average Bonchev–Trinajstić information content (AvgIpc) is 2.59. The highest BCUT2D eigenvalue weighted by atomic mass is 32.3. The number of rotatable bonds is 15. The summed E-state index contributed by atoms with van der Waals surface area (Å²) in [6.45, 7) is 0. The van der Waals surface area contributed by atoms with Gasteiger partial charge in [-0.2, -0.15) is 73.2 Å². The fraction of sp³-hybridized carbons (Fsp3) is 1.00. The minimum Gasteiger partial charge on any atom is -0.179 e. The van der Waals surface area contributed by atoms with E-state index in [4.69, 9.17) is 0 Å². The fourth-order valence-electron chi connectivity index (χ4n) is 2.05. The van der Waals surface area contributed by atoms with Crippen LogP contribution in [0.25, 0.3) is 0 Å². The molecule has 1 aliphatic rings. The van der Waals surface area contributed by atoms with Crippen LogP contribution in [0.5, 0.6) is 0 Å². The van der Waals surface area contributed by atoms with Gasteiger partial charge in [-0.05, 0) is 53.8 Å². The van der Waals surface area contributed by atoms with Crippen LogP contribution in [-0.4, -0.2) is 65.5 Å². The Kier molecular flexibility index (Phi) is 19.1. The summed E-state index contributed by atoms with van der Waals surface area (Å²) in [4.78, 5) is 0. The molecule has 0 aliphatic carbocycles. The van der Waals surface area contributed by atoms with Gasteiger partial charge >= 0.3 is 0 Å². The largest absolute Gasteiger partial charge is 0.179 e. The lowest BCUT2D eigenvalue weighted by Crippen LogP contribution is -2.20. The molecule has 1 fully saturated rings. The number of hydrogen-bond donors (Lipinski definition) is 3. The number of thiol groups is 3. The van der Waals surface area contributed by atoms with Crippen molar-refractivity contribution in [3.05, 3.63) is 0 Å². The maximum atomic E-state index is 4.31. The summed E-state index contributed by atoms with van der Waals surface area (Å²) in [6, 6.07) is 0. The lowest BCUT2D eigenvalue weighted by Gasteiger charge is -2.34. The van der Waals surface area contributed by atoms with Gasteiger partial charge in [0.2, 0.25) is 0 Å². The van der Waals surface area contributed by atoms with Gasteiger partial charge in [0.25, 0.3) is 0 Å². The summed E-state index contributed by atoms with van der Waals surface area (Å²) in [5.74, 6) is 10.4. The Labute approximate surface area is 191 Å². The SMILES string of the molecule is SCCSCCC1SC(CCSCCS)SC(CCSCCS)S1. The molecule has 1 heterocycles. The molecule has 0 saturated carbocycles. The molecule has 0 atom stereocenters. The summed E-state index contributed by atoms with van der Waals surface area (Å²) < 4.78 is 2.37. The normalized spacial score (nSPS) is 24.4. The first-order valence-corrected chi connectivity index (χ1v) is 16.5. The van der Waals surface area contributed by atoms with Crippen molar-refractivity contribution < 1.29 is 0 Å². The van der Waals surface area contributed by atoms with E-state index in [0.29, 0.717) is 0 Å².